The van der Waals surface area contributed by atoms with Crippen LogP contribution in [0.2, 0.25) is 5.02 Å². The van der Waals surface area contributed by atoms with Crippen molar-refractivity contribution in [1.82, 2.24) is 4.72 Å². The predicted octanol–water partition coefficient (Wildman–Crippen LogP) is 2.39. The molecule has 2 N–H and O–H groups in total. The SMILES string of the molecule is CSC(C)CCNS(=O)(=O)c1cc(Cl)cc(CO)c1F. The van der Waals surface area contributed by atoms with Crippen LogP contribution in [0.25, 0.3) is 0 Å². The van der Waals surface area contributed by atoms with Crippen molar-refractivity contribution in [2.24, 2.45) is 0 Å². The number of benzene rings is 1. The summed E-state index contributed by atoms with van der Waals surface area (Å²) < 4.78 is 40.4. The smallest absolute Gasteiger partial charge is 0.243 e. The molecule has 1 unspecified atom stereocenters. The van der Waals surface area contributed by atoms with E-state index in [2.05, 4.69) is 4.72 Å². The third-order valence-electron chi connectivity index (χ3n) is 2.78. The van der Waals surface area contributed by atoms with Gasteiger partial charge in [-0.2, -0.15) is 11.8 Å². The van der Waals surface area contributed by atoms with Gasteiger partial charge in [-0.25, -0.2) is 17.5 Å². The molecule has 114 valence electrons. The second kappa shape index (κ2) is 7.61. The highest BCUT2D eigenvalue weighted by Gasteiger charge is 2.22. The quantitative estimate of drug-likeness (QED) is 0.799. The molecule has 0 fully saturated rings. The first kappa shape index (κ1) is 17.7. The highest BCUT2D eigenvalue weighted by atomic mass is 35.5. The van der Waals surface area contributed by atoms with Gasteiger partial charge in [0.25, 0.3) is 0 Å². The fraction of sp³-hybridized carbons (Fsp3) is 0.500. The number of aliphatic hydroxyl groups excluding tert-OH is 1. The van der Waals surface area contributed by atoms with Crippen LogP contribution < -0.4 is 4.72 Å². The van der Waals surface area contributed by atoms with Gasteiger partial charge in [0.05, 0.1) is 6.61 Å². The molecule has 0 bridgehead atoms. The summed E-state index contributed by atoms with van der Waals surface area (Å²) >= 11 is 7.36. The first-order valence-corrected chi connectivity index (χ1v) is 9.08. The van der Waals surface area contributed by atoms with E-state index >= 15 is 0 Å². The lowest BCUT2D eigenvalue weighted by Crippen LogP contribution is -2.27. The van der Waals surface area contributed by atoms with Gasteiger partial charge in [0.2, 0.25) is 10.0 Å². The first-order chi connectivity index (χ1) is 9.31. The van der Waals surface area contributed by atoms with Gasteiger partial charge in [-0.1, -0.05) is 18.5 Å². The third kappa shape index (κ3) is 4.60. The van der Waals surface area contributed by atoms with E-state index in [0.717, 1.165) is 6.07 Å². The van der Waals surface area contributed by atoms with Gasteiger partial charge in [0, 0.05) is 22.4 Å². The number of hydrogen-bond donors (Lipinski definition) is 2. The minimum absolute atomic E-state index is 0.0632. The maximum atomic E-state index is 14.0. The van der Waals surface area contributed by atoms with E-state index in [1.54, 1.807) is 11.8 Å². The monoisotopic (exact) mass is 341 g/mol. The van der Waals surface area contributed by atoms with Gasteiger partial charge in [-0.15, -0.1) is 0 Å². The molecule has 4 nitrogen and oxygen atoms in total. The summed E-state index contributed by atoms with van der Waals surface area (Å²) in [4.78, 5) is -0.536. The molecule has 0 aliphatic carbocycles. The normalized spacial score (nSPS) is 13.4. The highest BCUT2D eigenvalue weighted by Crippen LogP contribution is 2.23. The average Bonchev–Trinajstić information content (AvgIpc) is 2.40. The second-order valence-electron chi connectivity index (χ2n) is 4.27. The van der Waals surface area contributed by atoms with Crippen LogP contribution in [-0.2, 0) is 16.6 Å². The number of halogens is 2. The van der Waals surface area contributed by atoms with E-state index in [-0.39, 0.29) is 17.1 Å². The molecule has 0 amide bonds. The Labute approximate surface area is 127 Å². The van der Waals surface area contributed by atoms with Crippen LogP contribution in [0.1, 0.15) is 18.9 Å². The van der Waals surface area contributed by atoms with Gasteiger partial charge in [0.15, 0.2) is 0 Å². The average molecular weight is 342 g/mol. The van der Waals surface area contributed by atoms with E-state index in [0.29, 0.717) is 11.7 Å². The van der Waals surface area contributed by atoms with Crippen LogP contribution in [0.5, 0.6) is 0 Å². The summed E-state index contributed by atoms with van der Waals surface area (Å²) in [7, 11) is -3.98. The van der Waals surface area contributed by atoms with Crippen molar-refractivity contribution < 1.29 is 17.9 Å². The Morgan fingerprint density at radius 3 is 2.70 bits per heavy atom. The minimum atomic E-state index is -3.98. The largest absolute Gasteiger partial charge is 0.392 e. The molecule has 0 spiro atoms. The van der Waals surface area contributed by atoms with E-state index in [1.807, 2.05) is 13.2 Å². The molecule has 1 aromatic rings. The van der Waals surface area contributed by atoms with Crippen LogP contribution in [0.4, 0.5) is 4.39 Å². The molecule has 1 aromatic carbocycles. The summed E-state index contributed by atoms with van der Waals surface area (Å²) in [5, 5.41) is 9.36. The Kier molecular flexibility index (Phi) is 6.74. The van der Waals surface area contributed by atoms with E-state index in [9.17, 15) is 12.8 Å². The minimum Gasteiger partial charge on any atom is -0.392 e. The molecule has 0 aliphatic rings. The Bertz CT molecular complexity index is 566. The maximum absolute atomic E-state index is 14.0. The summed E-state index contributed by atoms with van der Waals surface area (Å²) in [5.41, 5.74) is -0.143. The molecule has 0 saturated heterocycles. The van der Waals surface area contributed by atoms with Crippen molar-refractivity contribution in [2.75, 3.05) is 12.8 Å². The first-order valence-electron chi connectivity index (χ1n) is 5.93. The zero-order valence-electron chi connectivity index (χ0n) is 11.2. The topological polar surface area (TPSA) is 66.4 Å². The molecule has 8 heteroatoms. The molecular formula is C12H17ClFNO3S2. The highest BCUT2D eigenvalue weighted by molar-refractivity contribution is 7.99. The van der Waals surface area contributed by atoms with Crippen LogP contribution in [-0.4, -0.2) is 31.6 Å². The van der Waals surface area contributed by atoms with Gasteiger partial charge in [-0.05, 0) is 24.8 Å². The van der Waals surface area contributed by atoms with Crippen molar-refractivity contribution in [3.8, 4) is 0 Å². The fourth-order valence-corrected chi connectivity index (χ4v) is 3.37. The molecule has 0 radical (unpaired) electrons. The lowest BCUT2D eigenvalue weighted by atomic mass is 10.2. The number of hydrogen-bond acceptors (Lipinski definition) is 4. The van der Waals surface area contributed by atoms with Crippen molar-refractivity contribution in [1.29, 1.82) is 0 Å². The summed E-state index contributed by atoms with van der Waals surface area (Å²) in [5.74, 6) is -0.970. The lowest BCUT2D eigenvalue weighted by Gasteiger charge is -2.12. The molecule has 1 atom stereocenters. The summed E-state index contributed by atoms with van der Waals surface area (Å²) in [6.45, 7) is 1.58. The van der Waals surface area contributed by atoms with Crippen LogP contribution in [0, 0.1) is 5.82 Å². The molecule has 0 aliphatic heterocycles. The van der Waals surface area contributed by atoms with Crippen LogP contribution in [0.3, 0.4) is 0 Å². The standard InChI is InChI=1S/C12H17ClFNO3S2/c1-8(19-2)3-4-15-20(17,18)11-6-10(13)5-9(7-16)12(11)14/h5-6,8,15-16H,3-4,7H2,1-2H3. The van der Waals surface area contributed by atoms with Crippen LogP contribution in [0.15, 0.2) is 17.0 Å². The fourth-order valence-electron chi connectivity index (χ4n) is 1.52. The molecule has 20 heavy (non-hydrogen) atoms. The number of sulfonamides is 1. The van der Waals surface area contributed by atoms with E-state index in [1.165, 1.54) is 6.07 Å². The molecular weight excluding hydrogens is 325 g/mol. The van der Waals surface area contributed by atoms with Crippen LogP contribution >= 0.6 is 23.4 Å². The summed E-state index contributed by atoms with van der Waals surface area (Å²) in [6.07, 6.45) is 2.57. The lowest BCUT2D eigenvalue weighted by molar-refractivity contribution is 0.274. The van der Waals surface area contributed by atoms with Crippen molar-refractivity contribution in [2.45, 2.75) is 30.1 Å². The molecule has 0 saturated carbocycles. The number of nitrogens with one attached hydrogen (secondary N) is 1. The molecule has 1 rings (SSSR count). The van der Waals surface area contributed by atoms with Crippen molar-refractivity contribution in [3.05, 3.63) is 28.5 Å². The van der Waals surface area contributed by atoms with Gasteiger partial charge in [0.1, 0.15) is 10.7 Å². The van der Waals surface area contributed by atoms with Gasteiger partial charge in [-0.3, -0.25) is 0 Å². The van der Waals surface area contributed by atoms with E-state index < -0.39 is 27.3 Å². The zero-order valence-corrected chi connectivity index (χ0v) is 13.6. The Hall–Kier alpha value is -0.340. The number of aliphatic hydroxyl groups is 1. The number of thioether (sulfide) groups is 1. The van der Waals surface area contributed by atoms with Gasteiger partial charge < -0.3 is 5.11 Å². The van der Waals surface area contributed by atoms with Gasteiger partial charge >= 0.3 is 0 Å². The molecule has 0 aromatic heterocycles. The van der Waals surface area contributed by atoms with Crippen molar-refractivity contribution >= 4 is 33.4 Å². The second-order valence-corrected chi connectivity index (χ2v) is 7.72. The number of rotatable bonds is 7. The Balaban J connectivity index is 2.95. The Morgan fingerprint density at radius 2 is 2.15 bits per heavy atom. The predicted molar refractivity (Wildman–Crippen MR) is 80.1 cm³/mol. The maximum Gasteiger partial charge on any atom is 0.243 e. The van der Waals surface area contributed by atoms with Crippen molar-refractivity contribution in [3.63, 3.8) is 0 Å². The molecule has 0 heterocycles. The zero-order chi connectivity index (χ0) is 15.3. The van der Waals surface area contributed by atoms with E-state index in [4.69, 9.17) is 16.7 Å². The summed E-state index contributed by atoms with van der Waals surface area (Å²) in [6, 6.07) is 2.24. The third-order valence-corrected chi connectivity index (χ3v) is 5.50. The Morgan fingerprint density at radius 1 is 1.50 bits per heavy atom.